The first-order chi connectivity index (χ1) is 10.6. The molecule has 1 aromatic heterocycles. The maximum atomic E-state index is 9.75. The van der Waals surface area contributed by atoms with Gasteiger partial charge in [0.1, 0.15) is 0 Å². The van der Waals surface area contributed by atoms with Crippen molar-refractivity contribution in [2.45, 2.75) is 39.3 Å². The van der Waals surface area contributed by atoms with E-state index in [-0.39, 0.29) is 12.5 Å². The van der Waals surface area contributed by atoms with Crippen LogP contribution >= 0.6 is 0 Å². The predicted molar refractivity (Wildman–Crippen MR) is 88.9 cm³/mol. The minimum absolute atomic E-state index is 0.120. The van der Waals surface area contributed by atoms with Crippen LogP contribution in [0, 0.1) is 19.8 Å². The van der Waals surface area contributed by atoms with Crippen molar-refractivity contribution in [2.24, 2.45) is 5.92 Å². The number of aliphatic hydroxyl groups is 2. The van der Waals surface area contributed by atoms with Crippen molar-refractivity contribution in [1.82, 2.24) is 9.88 Å². The largest absolute Gasteiger partial charge is 0.394 e. The van der Waals surface area contributed by atoms with Crippen molar-refractivity contribution in [3.63, 3.8) is 0 Å². The van der Waals surface area contributed by atoms with Crippen LogP contribution < -0.4 is 0 Å². The lowest BCUT2D eigenvalue weighted by Gasteiger charge is -2.33. The summed E-state index contributed by atoms with van der Waals surface area (Å²) in [6.07, 6.45) is 1.36. The van der Waals surface area contributed by atoms with Crippen LogP contribution in [0.15, 0.2) is 18.2 Å². The van der Waals surface area contributed by atoms with E-state index in [2.05, 4.69) is 41.9 Å². The van der Waals surface area contributed by atoms with Crippen molar-refractivity contribution in [1.29, 1.82) is 0 Å². The Kier molecular flexibility index (Phi) is 4.52. The van der Waals surface area contributed by atoms with E-state index in [0.29, 0.717) is 0 Å². The van der Waals surface area contributed by atoms with Crippen LogP contribution in [0.2, 0.25) is 0 Å². The van der Waals surface area contributed by atoms with Gasteiger partial charge in [0.15, 0.2) is 0 Å². The van der Waals surface area contributed by atoms with Gasteiger partial charge in [-0.2, -0.15) is 0 Å². The number of aliphatic hydroxyl groups excluding tert-OH is 2. The molecule has 3 N–H and O–H groups in total. The topological polar surface area (TPSA) is 59.5 Å². The number of aromatic amines is 1. The van der Waals surface area contributed by atoms with Crippen molar-refractivity contribution in [3.8, 4) is 0 Å². The number of aryl methyl sites for hydroxylation is 2. The number of H-pyrrole nitrogens is 1. The molecule has 1 aromatic carbocycles. The van der Waals surface area contributed by atoms with Crippen LogP contribution in [-0.2, 0) is 6.54 Å². The van der Waals surface area contributed by atoms with Crippen LogP contribution in [0.4, 0.5) is 0 Å². The predicted octanol–water partition coefficient (Wildman–Crippen LogP) is 2.35. The van der Waals surface area contributed by atoms with Crippen molar-refractivity contribution >= 4 is 10.9 Å². The average molecular weight is 302 g/mol. The molecule has 0 amide bonds. The summed E-state index contributed by atoms with van der Waals surface area (Å²) in [5, 5.41) is 20.1. The third-order valence-corrected chi connectivity index (χ3v) is 5.06. The Hall–Kier alpha value is -1.36. The lowest BCUT2D eigenvalue weighted by molar-refractivity contribution is 0.0170. The minimum atomic E-state index is -0.556. The van der Waals surface area contributed by atoms with Crippen molar-refractivity contribution < 1.29 is 10.2 Å². The molecule has 1 saturated heterocycles. The van der Waals surface area contributed by atoms with Crippen molar-refractivity contribution in [2.75, 3.05) is 19.7 Å². The monoisotopic (exact) mass is 302 g/mol. The fraction of sp³-hybridized carbons (Fsp3) is 0.556. The Balaban J connectivity index is 1.68. The van der Waals surface area contributed by atoms with Gasteiger partial charge in [0.2, 0.25) is 0 Å². The first-order valence-electron chi connectivity index (χ1n) is 8.17. The zero-order valence-corrected chi connectivity index (χ0v) is 13.5. The molecule has 4 nitrogen and oxygen atoms in total. The van der Waals surface area contributed by atoms with Gasteiger partial charge in [-0.1, -0.05) is 11.6 Å². The lowest BCUT2D eigenvalue weighted by atomic mass is 9.91. The molecule has 4 heteroatoms. The highest BCUT2D eigenvalue weighted by atomic mass is 16.3. The van der Waals surface area contributed by atoms with Gasteiger partial charge < -0.3 is 15.2 Å². The summed E-state index contributed by atoms with van der Waals surface area (Å²) >= 11 is 0. The second kappa shape index (κ2) is 6.41. The van der Waals surface area contributed by atoms with Gasteiger partial charge in [-0.05, 0) is 63.4 Å². The third-order valence-electron chi connectivity index (χ3n) is 5.06. The summed E-state index contributed by atoms with van der Waals surface area (Å²) in [5.41, 5.74) is 5.14. The van der Waals surface area contributed by atoms with Gasteiger partial charge >= 0.3 is 0 Å². The van der Waals surface area contributed by atoms with E-state index >= 15 is 0 Å². The van der Waals surface area contributed by atoms with E-state index < -0.39 is 6.10 Å². The smallest absolute Gasteiger partial charge is 0.0799 e. The van der Waals surface area contributed by atoms with Gasteiger partial charge in [-0.15, -0.1) is 0 Å². The highest BCUT2D eigenvalue weighted by molar-refractivity contribution is 5.85. The molecule has 3 rings (SSSR count). The highest BCUT2D eigenvalue weighted by Crippen LogP contribution is 2.26. The van der Waals surface area contributed by atoms with Gasteiger partial charge in [-0.25, -0.2) is 0 Å². The van der Waals surface area contributed by atoms with E-state index in [9.17, 15) is 5.11 Å². The molecule has 2 heterocycles. The summed E-state index contributed by atoms with van der Waals surface area (Å²) in [6.45, 7) is 7.09. The molecule has 1 atom stereocenters. The fourth-order valence-electron chi connectivity index (χ4n) is 3.52. The normalized spacial score (nSPS) is 18.9. The van der Waals surface area contributed by atoms with Crippen LogP contribution in [0.1, 0.15) is 29.7 Å². The van der Waals surface area contributed by atoms with Crippen molar-refractivity contribution in [3.05, 3.63) is 35.0 Å². The number of aromatic nitrogens is 1. The Morgan fingerprint density at radius 1 is 1.27 bits per heavy atom. The third kappa shape index (κ3) is 3.05. The molecule has 0 saturated carbocycles. The number of nitrogens with one attached hydrogen (secondary N) is 1. The standard InChI is InChI=1S/C18H26N2O2/c1-12-3-4-16-15(9-12)13(2)17(19-16)10-20-7-5-14(6-8-20)18(22)11-21/h3-4,9,14,18-19,21-22H,5-8,10-11H2,1-2H3. The van der Waals surface area contributed by atoms with Gasteiger partial charge in [0.25, 0.3) is 0 Å². The molecule has 120 valence electrons. The molecule has 1 aliphatic rings. The SMILES string of the molecule is Cc1ccc2[nH]c(CN3CCC(C(O)CO)CC3)c(C)c2c1. The molecule has 2 aromatic rings. The average Bonchev–Trinajstić information content (AvgIpc) is 2.83. The highest BCUT2D eigenvalue weighted by Gasteiger charge is 2.25. The van der Waals surface area contributed by atoms with E-state index in [4.69, 9.17) is 5.11 Å². The fourth-order valence-corrected chi connectivity index (χ4v) is 3.52. The molecular formula is C18H26N2O2. The number of likely N-dealkylation sites (tertiary alicyclic amines) is 1. The molecule has 0 spiro atoms. The first-order valence-corrected chi connectivity index (χ1v) is 8.17. The first kappa shape index (κ1) is 15.5. The zero-order chi connectivity index (χ0) is 15.7. The second-order valence-corrected chi connectivity index (χ2v) is 6.64. The van der Waals surface area contributed by atoms with E-state index in [1.807, 2.05) is 0 Å². The molecule has 0 bridgehead atoms. The number of piperidine rings is 1. The summed E-state index contributed by atoms with van der Waals surface area (Å²) in [5.74, 6) is 0.243. The summed E-state index contributed by atoms with van der Waals surface area (Å²) in [4.78, 5) is 5.99. The number of benzene rings is 1. The second-order valence-electron chi connectivity index (χ2n) is 6.64. The van der Waals surface area contributed by atoms with Gasteiger partial charge in [0.05, 0.1) is 12.7 Å². The molecule has 22 heavy (non-hydrogen) atoms. The molecule has 1 unspecified atom stereocenters. The maximum absolute atomic E-state index is 9.75. The summed E-state index contributed by atoms with van der Waals surface area (Å²) < 4.78 is 0. The van der Waals surface area contributed by atoms with Gasteiger partial charge in [-0.3, -0.25) is 4.90 Å². The lowest BCUT2D eigenvalue weighted by Crippen LogP contribution is -2.38. The minimum Gasteiger partial charge on any atom is -0.394 e. The summed E-state index contributed by atoms with van der Waals surface area (Å²) in [6, 6.07) is 6.54. The quantitative estimate of drug-likeness (QED) is 0.812. The van der Waals surface area contributed by atoms with Gasteiger partial charge in [0, 0.05) is 23.1 Å². The Bertz CT molecular complexity index is 642. The van der Waals surface area contributed by atoms with Crippen LogP contribution in [0.3, 0.4) is 0 Å². The molecular weight excluding hydrogens is 276 g/mol. The molecule has 1 aliphatic heterocycles. The number of rotatable bonds is 4. The Labute approximate surface area is 131 Å². The van der Waals surface area contributed by atoms with Crippen LogP contribution in [0.5, 0.6) is 0 Å². The van der Waals surface area contributed by atoms with E-state index in [1.54, 1.807) is 0 Å². The van der Waals surface area contributed by atoms with Crippen LogP contribution in [0.25, 0.3) is 10.9 Å². The maximum Gasteiger partial charge on any atom is 0.0799 e. The zero-order valence-electron chi connectivity index (χ0n) is 13.5. The van der Waals surface area contributed by atoms with Crippen LogP contribution in [-0.4, -0.2) is 45.9 Å². The molecule has 1 fully saturated rings. The number of hydrogen-bond acceptors (Lipinski definition) is 3. The Morgan fingerprint density at radius 3 is 2.68 bits per heavy atom. The molecule has 0 aliphatic carbocycles. The Morgan fingerprint density at radius 2 is 2.00 bits per heavy atom. The number of nitrogens with zero attached hydrogens (tertiary/aromatic N) is 1. The number of fused-ring (bicyclic) bond motifs is 1. The number of hydrogen-bond donors (Lipinski definition) is 3. The van der Waals surface area contributed by atoms with E-state index in [1.165, 1.54) is 27.7 Å². The van der Waals surface area contributed by atoms with E-state index in [0.717, 1.165) is 32.5 Å². The summed E-state index contributed by atoms with van der Waals surface area (Å²) in [7, 11) is 0. The molecule has 0 radical (unpaired) electrons.